The summed E-state index contributed by atoms with van der Waals surface area (Å²) in [6.45, 7) is 1.94. The van der Waals surface area contributed by atoms with Gasteiger partial charge in [0.05, 0.1) is 11.7 Å². The van der Waals surface area contributed by atoms with E-state index in [1.165, 1.54) is 18.0 Å². The third-order valence-electron chi connectivity index (χ3n) is 3.03. The number of nitrogens with zero attached hydrogens (tertiary/aromatic N) is 2. The van der Waals surface area contributed by atoms with Crippen molar-refractivity contribution >= 4 is 21.8 Å². The zero-order chi connectivity index (χ0) is 14.8. The molecule has 1 aliphatic heterocycles. The average Bonchev–Trinajstić information content (AvgIpc) is 2.25. The lowest BCUT2D eigenvalue weighted by atomic mass is 10.00. The first-order valence-corrected chi connectivity index (χ1v) is 7.71. The second-order valence-electron chi connectivity index (χ2n) is 4.71. The predicted octanol–water partition coefficient (Wildman–Crippen LogP) is -0.494. The van der Waals surface area contributed by atoms with Gasteiger partial charge >= 0.3 is 0 Å². The number of carbonyl (C=O) groups is 2. The number of nitrogens with one attached hydrogen (secondary N) is 1. The van der Waals surface area contributed by atoms with E-state index in [2.05, 4.69) is 4.98 Å². The molecule has 0 radical (unpaired) electrons. The van der Waals surface area contributed by atoms with Crippen molar-refractivity contribution in [2.24, 2.45) is 5.92 Å². The molecule has 108 valence electrons. The van der Waals surface area contributed by atoms with Gasteiger partial charge in [0.25, 0.3) is 0 Å². The van der Waals surface area contributed by atoms with Crippen molar-refractivity contribution in [3.05, 3.63) is 30.1 Å². The Balaban J connectivity index is 1.89. The third-order valence-corrected chi connectivity index (χ3v) is 4.26. The first-order valence-electron chi connectivity index (χ1n) is 6.06. The zero-order valence-electron chi connectivity index (χ0n) is 10.9. The molecule has 1 aromatic rings. The van der Waals surface area contributed by atoms with Crippen LogP contribution in [0.2, 0.25) is 0 Å². The molecule has 1 saturated heterocycles. The van der Waals surface area contributed by atoms with Gasteiger partial charge in [-0.05, 0) is 11.6 Å². The highest BCUT2D eigenvalue weighted by Crippen LogP contribution is 2.16. The average molecular weight is 297 g/mol. The number of rotatable bonds is 4. The van der Waals surface area contributed by atoms with E-state index in [4.69, 9.17) is 0 Å². The Labute approximate surface area is 117 Å². The van der Waals surface area contributed by atoms with E-state index in [0.717, 1.165) is 0 Å². The SMILES string of the molecule is CC(=O)N1CC(C(=O)NS(=O)(=O)Cc2cccnc2)C1. The van der Waals surface area contributed by atoms with Gasteiger partial charge in [-0.1, -0.05) is 6.07 Å². The smallest absolute Gasteiger partial charge is 0.240 e. The molecule has 0 saturated carbocycles. The van der Waals surface area contributed by atoms with E-state index in [1.807, 2.05) is 4.72 Å². The van der Waals surface area contributed by atoms with Crippen LogP contribution in [-0.2, 0) is 25.4 Å². The van der Waals surface area contributed by atoms with E-state index in [1.54, 1.807) is 18.3 Å². The standard InChI is InChI=1S/C12H15N3O4S/c1-9(16)15-6-11(7-15)12(17)14-20(18,19)8-10-3-2-4-13-5-10/h2-5,11H,6-8H2,1H3,(H,14,17). The van der Waals surface area contributed by atoms with Gasteiger partial charge in [0.1, 0.15) is 0 Å². The van der Waals surface area contributed by atoms with Gasteiger partial charge in [-0.2, -0.15) is 0 Å². The summed E-state index contributed by atoms with van der Waals surface area (Å²) in [6, 6.07) is 3.25. The monoisotopic (exact) mass is 297 g/mol. The molecule has 8 heteroatoms. The van der Waals surface area contributed by atoms with E-state index >= 15 is 0 Å². The second kappa shape index (κ2) is 5.58. The summed E-state index contributed by atoms with van der Waals surface area (Å²) >= 11 is 0. The first kappa shape index (κ1) is 14.4. The number of likely N-dealkylation sites (tertiary alicyclic amines) is 1. The zero-order valence-corrected chi connectivity index (χ0v) is 11.8. The Morgan fingerprint density at radius 2 is 2.15 bits per heavy atom. The minimum atomic E-state index is -3.74. The van der Waals surface area contributed by atoms with Gasteiger partial charge in [-0.15, -0.1) is 0 Å². The molecule has 0 bridgehead atoms. The number of pyridine rings is 1. The molecule has 2 amide bonds. The van der Waals surface area contributed by atoms with Crippen LogP contribution in [0.5, 0.6) is 0 Å². The number of carbonyl (C=O) groups excluding carboxylic acids is 2. The van der Waals surface area contributed by atoms with Gasteiger partial charge in [-0.25, -0.2) is 8.42 Å². The molecule has 0 unspecified atom stereocenters. The van der Waals surface area contributed by atoms with Crippen LogP contribution in [0, 0.1) is 5.92 Å². The van der Waals surface area contributed by atoms with Gasteiger partial charge in [0.2, 0.25) is 21.8 Å². The van der Waals surface area contributed by atoms with Crippen LogP contribution < -0.4 is 4.72 Å². The molecule has 1 fully saturated rings. The second-order valence-corrected chi connectivity index (χ2v) is 6.43. The van der Waals surface area contributed by atoms with Crippen molar-refractivity contribution in [2.75, 3.05) is 13.1 Å². The summed E-state index contributed by atoms with van der Waals surface area (Å²) in [5.41, 5.74) is 0.506. The molecule has 0 aromatic carbocycles. The van der Waals surface area contributed by atoms with E-state index in [-0.39, 0.29) is 24.7 Å². The van der Waals surface area contributed by atoms with Gasteiger partial charge in [0.15, 0.2) is 0 Å². The lowest BCUT2D eigenvalue weighted by molar-refractivity contribution is -0.140. The number of hydrogen-bond acceptors (Lipinski definition) is 5. The maximum atomic E-state index is 11.8. The quantitative estimate of drug-likeness (QED) is 0.808. The fourth-order valence-electron chi connectivity index (χ4n) is 1.88. The Kier molecular flexibility index (Phi) is 4.03. The van der Waals surface area contributed by atoms with Crippen molar-refractivity contribution in [2.45, 2.75) is 12.7 Å². The number of aromatic nitrogens is 1. The van der Waals surface area contributed by atoms with Crippen molar-refractivity contribution in [1.82, 2.24) is 14.6 Å². The summed E-state index contributed by atoms with van der Waals surface area (Å²) in [7, 11) is -3.74. The molecule has 0 spiro atoms. The highest BCUT2D eigenvalue weighted by molar-refractivity contribution is 7.89. The van der Waals surface area contributed by atoms with Crippen LogP contribution >= 0.6 is 0 Å². The maximum absolute atomic E-state index is 11.8. The number of hydrogen-bond donors (Lipinski definition) is 1. The van der Waals surface area contributed by atoms with E-state index < -0.39 is 21.8 Å². The molecular formula is C12H15N3O4S. The molecule has 1 N–H and O–H groups in total. The molecular weight excluding hydrogens is 282 g/mol. The van der Waals surface area contributed by atoms with Crippen LogP contribution in [-0.4, -0.2) is 43.2 Å². The summed E-state index contributed by atoms with van der Waals surface area (Å²) in [6.07, 6.45) is 2.98. The van der Waals surface area contributed by atoms with Crippen molar-refractivity contribution in [1.29, 1.82) is 0 Å². The number of sulfonamides is 1. The Bertz CT molecular complexity index is 609. The van der Waals surface area contributed by atoms with Gasteiger partial charge < -0.3 is 4.90 Å². The van der Waals surface area contributed by atoms with Gasteiger partial charge in [-0.3, -0.25) is 19.3 Å². The van der Waals surface area contributed by atoms with E-state index in [0.29, 0.717) is 5.56 Å². The highest BCUT2D eigenvalue weighted by atomic mass is 32.2. The fraction of sp³-hybridized carbons (Fsp3) is 0.417. The van der Waals surface area contributed by atoms with Gasteiger partial charge in [0, 0.05) is 32.4 Å². The minimum Gasteiger partial charge on any atom is -0.341 e. The molecule has 0 aliphatic carbocycles. The summed E-state index contributed by atoms with van der Waals surface area (Å²) < 4.78 is 25.7. The number of amides is 2. The Morgan fingerprint density at radius 3 is 2.70 bits per heavy atom. The summed E-state index contributed by atoms with van der Waals surface area (Å²) in [5.74, 6) is -1.43. The van der Waals surface area contributed by atoms with Crippen molar-refractivity contribution in [3.63, 3.8) is 0 Å². The molecule has 20 heavy (non-hydrogen) atoms. The van der Waals surface area contributed by atoms with Crippen LogP contribution in [0.4, 0.5) is 0 Å². The van der Waals surface area contributed by atoms with Crippen LogP contribution in [0.25, 0.3) is 0 Å². The normalized spacial score (nSPS) is 15.6. The Morgan fingerprint density at radius 1 is 1.45 bits per heavy atom. The highest BCUT2D eigenvalue weighted by Gasteiger charge is 2.35. The maximum Gasteiger partial charge on any atom is 0.240 e. The summed E-state index contributed by atoms with van der Waals surface area (Å²) in [5, 5.41) is 0. The summed E-state index contributed by atoms with van der Waals surface area (Å²) in [4.78, 5) is 28.0. The largest absolute Gasteiger partial charge is 0.341 e. The predicted molar refractivity (Wildman–Crippen MR) is 70.7 cm³/mol. The molecule has 1 aliphatic rings. The van der Waals surface area contributed by atoms with E-state index in [9.17, 15) is 18.0 Å². The molecule has 0 atom stereocenters. The van der Waals surface area contributed by atoms with Crippen LogP contribution in [0.1, 0.15) is 12.5 Å². The topological polar surface area (TPSA) is 96.4 Å². The lowest BCUT2D eigenvalue weighted by Gasteiger charge is -2.37. The lowest BCUT2D eigenvalue weighted by Crippen LogP contribution is -2.55. The fourth-order valence-corrected chi connectivity index (χ4v) is 3.03. The third kappa shape index (κ3) is 3.53. The van der Waals surface area contributed by atoms with Crippen LogP contribution in [0.15, 0.2) is 24.5 Å². The molecule has 7 nitrogen and oxygen atoms in total. The van der Waals surface area contributed by atoms with Crippen molar-refractivity contribution < 1.29 is 18.0 Å². The Hall–Kier alpha value is -1.96. The first-order chi connectivity index (χ1) is 9.37. The molecule has 1 aromatic heterocycles. The molecule has 2 rings (SSSR count). The minimum absolute atomic E-state index is 0.118. The van der Waals surface area contributed by atoms with Crippen molar-refractivity contribution in [3.8, 4) is 0 Å². The molecule has 2 heterocycles. The van der Waals surface area contributed by atoms with Crippen LogP contribution in [0.3, 0.4) is 0 Å².